The predicted octanol–water partition coefficient (Wildman–Crippen LogP) is 3.57. The van der Waals surface area contributed by atoms with Crippen LogP contribution < -0.4 is 5.56 Å². The highest BCUT2D eigenvalue weighted by Gasteiger charge is 2.31. The van der Waals surface area contributed by atoms with Crippen molar-refractivity contribution in [3.05, 3.63) is 68.6 Å². The highest BCUT2D eigenvalue weighted by molar-refractivity contribution is 7.08. The van der Waals surface area contributed by atoms with Crippen LogP contribution in [0.1, 0.15) is 34.8 Å². The van der Waals surface area contributed by atoms with Crippen LogP contribution in [-0.4, -0.2) is 22.3 Å². The van der Waals surface area contributed by atoms with Gasteiger partial charge in [0, 0.05) is 12.1 Å². The van der Waals surface area contributed by atoms with E-state index in [4.69, 9.17) is 0 Å². The quantitative estimate of drug-likeness (QED) is 0.783. The fourth-order valence-electron chi connectivity index (χ4n) is 3.28. The third-order valence-corrected chi connectivity index (χ3v) is 5.13. The van der Waals surface area contributed by atoms with Gasteiger partial charge in [0.25, 0.3) is 11.5 Å². The van der Waals surface area contributed by atoms with Crippen LogP contribution in [0.25, 0.3) is 10.9 Å². The lowest BCUT2D eigenvalue weighted by molar-refractivity contribution is 0.0734. The number of aromatic amines is 1. The minimum Gasteiger partial charge on any atom is -0.331 e. The van der Waals surface area contributed by atoms with E-state index in [0.29, 0.717) is 6.54 Å². The van der Waals surface area contributed by atoms with Crippen LogP contribution in [0.5, 0.6) is 0 Å². The summed E-state index contributed by atoms with van der Waals surface area (Å²) >= 11 is 1.64. The molecule has 0 aliphatic carbocycles. The Kier molecular flexibility index (Phi) is 3.50. The lowest BCUT2D eigenvalue weighted by Gasteiger charge is -2.24. The summed E-state index contributed by atoms with van der Waals surface area (Å²) in [5.41, 5.74) is 1.83. The van der Waals surface area contributed by atoms with Crippen LogP contribution in [0.15, 0.2) is 52.0 Å². The van der Waals surface area contributed by atoms with Gasteiger partial charge in [-0.3, -0.25) is 9.59 Å². The molecule has 1 N–H and O–H groups in total. The van der Waals surface area contributed by atoms with Crippen molar-refractivity contribution in [3.63, 3.8) is 0 Å². The Labute approximate surface area is 137 Å². The molecule has 1 saturated heterocycles. The van der Waals surface area contributed by atoms with E-state index in [1.807, 2.05) is 34.5 Å². The van der Waals surface area contributed by atoms with Crippen LogP contribution in [0.3, 0.4) is 0 Å². The molecule has 1 aliphatic heterocycles. The van der Waals surface area contributed by atoms with Gasteiger partial charge in [-0.1, -0.05) is 18.2 Å². The molecule has 1 atom stereocenters. The van der Waals surface area contributed by atoms with Crippen molar-refractivity contribution >= 4 is 28.1 Å². The first-order chi connectivity index (χ1) is 11.2. The standard InChI is InChI=1S/C18H16N2O2S/c21-17-14(10-12-4-1-2-5-15(12)19-17)18(22)20-8-3-6-16(20)13-7-9-23-11-13/h1-2,4-5,7,9-11,16H,3,6,8H2,(H,19,21)/t16-/m1/s1. The number of rotatable bonds is 2. The van der Waals surface area contributed by atoms with Gasteiger partial charge in [-0.15, -0.1) is 0 Å². The molecule has 3 heterocycles. The van der Waals surface area contributed by atoms with Crippen molar-refractivity contribution < 1.29 is 4.79 Å². The van der Waals surface area contributed by atoms with Crippen molar-refractivity contribution in [2.75, 3.05) is 6.54 Å². The summed E-state index contributed by atoms with van der Waals surface area (Å²) < 4.78 is 0. The zero-order chi connectivity index (χ0) is 15.8. The summed E-state index contributed by atoms with van der Waals surface area (Å²) in [6.07, 6.45) is 1.92. The second kappa shape index (κ2) is 5.66. The van der Waals surface area contributed by atoms with E-state index in [9.17, 15) is 9.59 Å². The Morgan fingerprint density at radius 3 is 2.96 bits per heavy atom. The predicted molar refractivity (Wildman–Crippen MR) is 91.9 cm³/mol. The number of para-hydroxylation sites is 1. The first-order valence-electron chi connectivity index (χ1n) is 7.69. The highest BCUT2D eigenvalue weighted by Crippen LogP contribution is 2.33. The second-order valence-electron chi connectivity index (χ2n) is 5.81. The average molecular weight is 324 g/mol. The van der Waals surface area contributed by atoms with Crippen LogP contribution >= 0.6 is 11.3 Å². The number of pyridine rings is 1. The number of benzene rings is 1. The Hall–Kier alpha value is -2.40. The first kappa shape index (κ1) is 14.2. The number of carbonyl (C=O) groups excluding carboxylic acids is 1. The van der Waals surface area contributed by atoms with E-state index in [1.54, 1.807) is 17.4 Å². The molecule has 1 aromatic carbocycles. The smallest absolute Gasteiger partial charge is 0.261 e. The number of thiophene rings is 1. The fraction of sp³-hybridized carbons (Fsp3) is 0.222. The number of hydrogen-bond donors (Lipinski definition) is 1. The van der Waals surface area contributed by atoms with Gasteiger partial charge in [0.1, 0.15) is 5.56 Å². The third kappa shape index (κ3) is 2.47. The highest BCUT2D eigenvalue weighted by atomic mass is 32.1. The lowest BCUT2D eigenvalue weighted by atomic mass is 10.1. The molecule has 0 bridgehead atoms. The number of hydrogen-bond acceptors (Lipinski definition) is 3. The zero-order valence-electron chi connectivity index (χ0n) is 12.5. The molecule has 0 saturated carbocycles. The third-order valence-electron chi connectivity index (χ3n) is 4.43. The van der Waals surface area contributed by atoms with Gasteiger partial charge in [-0.2, -0.15) is 11.3 Å². The summed E-state index contributed by atoms with van der Waals surface area (Å²) in [7, 11) is 0. The van der Waals surface area contributed by atoms with E-state index in [-0.39, 0.29) is 23.1 Å². The van der Waals surface area contributed by atoms with Gasteiger partial charge in [-0.25, -0.2) is 0 Å². The molecule has 116 valence electrons. The van der Waals surface area contributed by atoms with Gasteiger partial charge in [0.2, 0.25) is 0 Å². The van der Waals surface area contributed by atoms with Crippen molar-refractivity contribution in [2.24, 2.45) is 0 Å². The van der Waals surface area contributed by atoms with Gasteiger partial charge < -0.3 is 9.88 Å². The first-order valence-corrected chi connectivity index (χ1v) is 8.63. The molecule has 1 aliphatic rings. The number of amides is 1. The van der Waals surface area contributed by atoms with E-state index in [0.717, 1.165) is 29.3 Å². The Balaban J connectivity index is 1.74. The molecule has 1 fully saturated rings. The Morgan fingerprint density at radius 2 is 2.13 bits per heavy atom. The summed E-state index contributed by atoms with van der Waals surface area (Å²) in [5, 5.41) is 4.99. The number of H-pyrrole nitrogens is 1. The molecular weight excluding hydrogens is 308 g/mol. The molecule has 0 unspecified atom stereocenters. The summed E-state index contributed by atoms with van der Waals surface area (Å²) in [6, 6.07) is 11.4. The van der Waals surface area contributed by atoms with E-state index < -0.39 is 0 Å². The van der Waals surface area contributed by atoms with Crippen molar-refractivity contribution in [1.82, 2.24) is 9.88 Å². The number of nitrogens with one attached hydrogen (secondary N) is 1. The topological polar surface area (TPSA) is 53.2 Å². The normalized spacial score (nSPS) is 17.7. The Morgan fingerprint density at radius 1 is 1.26 bits per heavy atom. The van der Waals surface area contributed by atoms with Gasteiger partial charge in [0.05, 0.1) is 6.04 Å². The molecule has 2 aromatic heterocycles. The second-order valence-corrected chi connectivity index (χ2v) is 6.59. The van der Waals surface area contributed by atoms with Crippen LogP contribution in [0.2, 0.25) is 0 Å². The molecule has 1 amide bonds. The Bertz CT molecular complexity index is 914. The molecule has 0 spiro atoms. The number of aromatic nitrogens is 1. The SMILES string of the molecule is O=C(c1cc2ccccc2[nH]c1=O)N1CCC[C@@H]1c1ccsc1. The number of fused-ring (bicyclic) bond motifs is 1. The van der Waals surface area contributed by atoms with Crippen LogP contribution in [0.4, 0.5) is 0 Å². The van der Waals surface area contributed by atoms with Crippen molar-refractivity contribution in [3.8, 4) is 0 Å². The molecule has 4 nitrogen and oxygen atoms in total. The van der Waals surface area contributed by atoms with Crippen LogP contribution in [-0.2, 0) is 0 Å². The summed E-state index contributed by atoms with van der Waals surface area (Å²) in [5.74, 6) is -0.175. The average Bonchev–Trinajstić information content (AvgIpc) is 3.24. The van der Waals surface area contributed by atoms with Gasteiger partial charge in [-0.05, 0) is 52.8 Å². The van der Waals surface area contributed by atoms with Crippen LogP contribution in [0, 0.1) is 0 Å². The summed E-state index contributed by atoms with van der Waals surface area (Å²) in [4.78, 5) is 29.9. The van der Waals surface area contributed by atoms with Gasteiger partial charge >= 0.3 is 0 Å². The van der Waals surface area contributed by atoms with Crippen molar-refractivity contribution in [1.29, 1.82) is 0 Å². The van der Waals surface area contributed by atoms with E-state index in [1.165, 1.54) is 0 Å². The fourth-order valence-corrected chi connectivity index (χ4v) is 3.99. The maximum Gasteiger partial charge on any atom is 0.261 e. The van der Waals surface area contributed by atoms with E-state index >= 15 is 0 Å². The number of carbonyl (C=O) groups is 1. The number of nitrogens with zero attached hydrogens (tertiary/aromatic N) is 1. The largest absolute Gasteiger partial charge is 0.331 e. The lowest BCUT2D eigenvalue weighted by Crippen LogP contribution is -2.34. The molecule has 0 radical (unpaired) electrons. The zero-order valence-corrected chi connectivity index (χ0v) is 13.3. The molecule has 5 heteroatoms. The maximum absolute atomic E-state index is 12.9. The molecule has 3 aromatic rings. The van der Waals surface area contributed by atoms with Crippen molar-refractivity contribution in [2.45, 2.75) is 18.9 Å². The maximum atomic E-state index is 12.9. The minimum atomic E-state index is -0.315. The number of likely N-dealkylation sites (tertiary alicyclic amines) is 1. The molecule has 23 heavy (non-hydrogen) atoms. The van der Waals surface area contributed by atoms with E-state index in [2.05, 4.69) is 16.4 Å². The monoisotopic (exact) mass is 324 g/mol. The molecular formula is C18H16N2O2S. The van der Waals surface area contributed by atoms with Gasteiger partial charge in [0.15, 0.2) is 0 Å². The summed E-state index contributed by atoms with van der Waals surface area (Å²) in [6.45, 7) is 0.700. The minimum absolute atomic E-state index is 0.0830. The molecule has 4 rings (SSSR count).